The average Bonchev–Trinajstić information content (AvgIpc) is 3.24. The van der Waals surface area contributed by atoms with E-state index in [0.717, 1.165) is 16.8 Å². The number of aromatic nitrogens is 3. The predicted molar refractivity (Wildman–Crippen MR) is 102 cm³/mol. The van der Waals surface area contributed by atoms with Gasteiger partial charge >= 0.3 is 0 Å². The molecule has 3 nitrogen and oxygen atoms in total. The topological polar surface area (TPSA) is 22.2 Å². The van der Waals surface area contributed by atoms with Crippen LogP contribution >= 0.6 is 11.3 Å². The van der Waals surface area contributed by atoms with E-state index in [-0.39, 0.29) is 0 Å². The van der Waals surface area contributed by atoms with Crippen LogP contribution in [0.15, 0.2) is 60.7 Å². The van der Waals surface area contributed by atoms with Gasteiger partial charge in [-0.15, -0.1) is 11.3 Å². The fraction of sp³-hybridized carbons (Fsp3) is 0.0500. The zero-order valence-corrected chi connectivity index (χ0v) is 13.8. The largest absolute Gasteiger partial charge is 0.313 e. The van der Waals surface area contributed by atoms with Crippen LogP contribution in [0, 0.1) is 0 Å². The molecule has 0 unspecified atom stereocenters. The van der Waals surface area contributed by atoms with Crippen molar-refractivity contribution in [2.45, 2.75) is 0 Å². The van der Waals surface area contributed by atoms with Crippen molar-refractivity contribution in [1.29, 1.82) is 0 Å². The molecule has 4 heteroatoms. The first kappa shape index (κ1) is 12.6. The summed E-state index contributed by atoms with van der Waals surface area (Å²) < 4.78 is 7.14. The summed E-state index contributed by atoms with van der Waals surface area (Å²) in [6.07, 6.45) is 0. The summed E-state index contributed by atoms with van der Waals surface area (Å²) in [5.41, 5.74) is 4.65. The lowest BCUT2D eigenvalue weighted by Crippen LogP contribution is -1.87. The molecule has 6 rings (SSSR count). The molecule has 114 valence electrons. The molecule has 0 radical (unpaired) electrons. The molecule has 3 aromatic heterocycles. The van der Waals surface area contributed by atoms with E-state index in [0.29, 0.717) is 0 Å². The van der Waals surface area contributed by atoms with Crippen LogP contribution in [-0.4, -0.2) is 14.0 Å². The summed E-state index contributed by atoms with van der Waals surface area (Å²) in [4.78, 5) is 4.82. The summed E-state index contributed by atoms with van der Waals surface area (Å²) in [6, 6.07) is 21.6. The number of benzene rings is 3. The number of aryl methyl sites for hydroxylation is 1. The maximum atomic E-state index is 4.82. The van der Waals surface area contributed by atoms with Crippen molar-refractivity contribution in [1.82, 2.24) is 14.0 Å². The van der Waals surface area contributed by atoms with Gasteiger partial charge in [-0.25, -0.2) is 4.98 Å². The quantitative estimate of drug-likeness (QED) is 0.369. The molecule has 3 heterocycles. The fourth-order valence-corrected chi connectivity index (χ4v) is 4.90. The number of imidazole rings is 2. The van der Waals surface area contributed by atoms with Gasteiger partial charge in [0.2, 0.25) is 5.78 Å². The van der Waals surface area contributed by atoms with E-state index in [9.17, 15) is 0 Å². The lowest BCUT2D eigenvalue weighted by molar-refractivity contribution is 0.974. The van der Waals surface area contributed by atoms with Gasteiger partial charge in [0.25, 0.3) is 0 Å². The second-order valence-corrected chi connectivity index (χ2v) is 7.31. The predicted octanol–water partition coefficient (Wildman–Crippen LogP) is 5.35. The molecule has 0 spiro atoms. The Balaban J connectivity index is 1.91. The number of rotatable bonds is 0. The van der Waals surface area contributed by atoms with Gasteiger partial charge in [-0.2, -0.15) is 0 Å². The fourth-order valence-electron chi connectivity index (χ4n) is 3.78. The zero-order valence-electron chi connectivity index (χ0n) is 13.0. The molecule has 0 bridgehead atoms. The molecule has 0 N–H and O–H groups in total. The van der Waals surface area contributed by atoms with E-state index in [4.69, 9.17) is 4.98 Å². The van der Waals surface area contributed by atoms with Gasteiger partial charge in [-0.05, 0) is 30.3 Å². The van der Waals surface area contributed by atoms with Crippen molar-refractivity contribution in [3.8, 4) is 0 Å². The third kappa shape index (κ3) is 1.40. The van der Waals surface area contributed by atoms with Crippen LogP contribution in [-0.2, 0) is 7.05 Å². The van der Waals surface area contributed by atoms with Gasteiger partial charge in [0.05, 0.1) is 22.1 Å². The highest BCUT2D eigenvalue weighted by Crippen LogP contribution is 2.37. The number of para-hydroxylation sites is 2. The number of hydrogen-bond acceptors (Lipinski definition) is 2. The Morgan fingerprint density at radius 3 is 2.58 bits per heavy atom. The lowest BCUT2D eigenvalue weighted by Gasteiger charge is -1.98. The van der Waals surface area contributed by atoms with Crippen molar-refractivity contribution in [2.24, 2.45) is 7.05 Å². The Morgan fingerprint density at radius 1 is 0.792 bits per heavy atom. The first-order valence-corrected chi connectivity index (χ1v) is 8.80. The Kier molecular flexibility index (Phi) is 2.18. The summed E-state index contributed by atoms with van der Waals surface area (Å²) in [5.74, 6) is 0.994. The normalized spacial score (nSPS) is 12.4. The Morgan fingerprint density at radius 2 is 1.62 bits per heavy atom. The summed E-state index contributed by atoms with van der Waals surface area (Å²) in [7, 11) is 2.10. The van der Waals surface area contributed by atoms with Crippen molar-refractivity contribution in [2.75, 3.05) is 0 Å². The van der Waals surface area contributed by atoms with Gasteiger partial charge in [0.15, 0.2) is 0 Å². The summed E-state index contributed by atoms with van der Waals surface area (Å²) in [5, 5.41) is 2.66. The van der Waals surface area contributed by atoms with Gasteiger partial charge in [0, 0.05) is 27.2 Å². The minimum absolute atomic E-state index is 0.994. The molecule has 0 aliphatic carbocycles. The number of thiophene rings is 1. The third-order valence-corrected chi connectivity index (χ3v) is 6.05. The summed E-state index contributed by atoms with van der Waals surface area (Å²) in [6.45, 7) is 0. The van der Waals surface area contributed by atoms with Crippen LogP contribution in [0.5, 0.6) is 0 Å². The first-order chi connectivity index (χ1) is 11.8. The SMILES string of the molecule is Cn1c2cc3sc4ccccc4c3cc2n2c3ccccc3nc12. The van der Waals surface area contributed by atoms with Crippen LogP contribution in [0.2, 0.25) is 0 Å². The number of hydrogen-bond donors (Lipinski definition) is 0. The number of nitrogens with zero attached hydrogens (tertiary/aromatic N) is 3. The second-order valence-electron chi connectivity index (χ2n) is 6.23. The van der Waals surface area contributed by atoms with Gasteiger partial charge in [-0.3, -0.25) is 4.40 Å². The van der Waals surface area contributed by atoms with Crippen LogP contribution < -0.4 is 0 Å². The van der Waals surface area contributed by atoms with E-state index in [1.165, 1.54) is 31.2 Å². The number of fused-ring (bicyclic) bond motifs is 8. The van der Waals surface area contributed by atoms with Crippen molar-refractivity contribution < 1.29 is 0 Å². The minimum atomic E-state index is 0.994. The van der Waals surface area contributed by atoms with Gasteiger partial charge in [0.1, 0.15) is 0 Å². The third-order valence-electron chi connectivity index (χ3n) is 4.92. The molecular weight excluding hydrogens is 314 g/mol. The molecule has 0 fully saturated rings. The maximum Gasteiger partial charge on any atom is 0.215 e. The molecule has 24 heavy (non-hydrogen) atoms. The van der Waals surface area contributed by atoms with E-state index < -0.39 is 0 Å². The van der Waals surface area contributed by atoms with Crippen molar-refractivity contribution >= 4 is 59.4 Å². The first-order valence-electron chi connectivity index (χ1n) is 7.98. The van der Waals surface area contributed by atoms with Crippen molar-refractivity contribution in [3.05, 3.63) is 60.7 Å². The van der Waals surface area contributed by atoms with E-state index in [1.807, 2.05) is 17.4 Å². The Labute approximate surface area is 141 Å². The highest BCUT2D eigenvalue weighted by molar-refractivity contribution is 7.25. The van der Waals surface area contributed by atoms with E-state index >= 15 is 0 Å². The zero-order chi connectivity index (χ0) is 15.8. The van der Waals surface area contributed by atoms with E-state index in [2.05, 4.69) is 70.6 Å². The molecule has 0 aliphatic rings. The molecule has 0 atom stereocenters. The molecular formula is C20H13N3S. The second kappa shape index (κ2) is 4.16. The molecule has 0 saturated heterocycles. The van der Waals surface area contributed by atoms with E-state index in [1.54, 1.807) is 0 Å². The maximum absolute atomic E-state index is 4.82. The average molecular weight is 327 g/mol. The van der Waals surface area contributed by atoms with Gasteiger partial charge in [-0.1, -0.05) is 30.3 Å². The molecule has 6 aromatic rings. The summed E-state index contributed by atoms with van der Waals surface area (Å²) >= 11 is 1.86. The highest BCUT2D eigenvalue weighted by Gasteiger charge is 2.15. The monoisotopic (exact) mass is 327 g/mol. The lowest BCUT2D eigenvalue weighted by atomic mass is 10.1. The smallest absolute Gasteiger partial charge is 0.215 e. The van der Waals surface area contributed by atoms with Crippen LogP contribution in [0.4, 0.5) is 0 Å². The van der Waals surface area contributed by atoms with Crippen LogP contribution in [0.3, 0.4) is 0 Å². The molecule has 0 amide bonds. The highest BCUT2D eigenvalue weighted by atomic mass is 32.1. The van der Waals surface area contributed by atoms with Crippen LogP contribution in [0.25, 0.3) is 48.0 Å². The van der Waals surface area contributed by atoms with Crippen LogP contribution in [0.1, 0.15) is 0 Å². The molecule has 3 aromatic carbocycles. The molecule has 0 saturated carbocycles. The standard InChI is InChI=1S/C20H13N3S/c1-22-16-11-19-13(12-6-2-5-9-18(12)24-19)10-17(16)23-15-8-4-3-7-14(15)21-20(22)23/h2-11H,1H3. The Hall–Kier alpha value is -2.85. The minimum Gasteiger partial charge on any atom is -0.313 e. The van der Waals surface area contributed by atoms with Crippen molar-refractivity contribution in [3.63, 3.8) is 0 Å². The molecule has 0 aliphatic heterocycles. The Bertz CT molecular complexity index is 1410. The van der Waals surface area contributed by atoms with Gasteiger partial charge < -0.3 is 4.57 Å².